The van der Waals surface area contributed by atoms with Gasteiger partial charge in [0.25, 0.3) is 5.91 Å². The van der Waals surface area contributed by atoms with Gasteiger partial charge >= 0.3 is 0 Å². The van der Waals surface area contributed by atoms with Crippen molar-refractivity contribution in [3.63, 3.8) is 0 Å². The Labute approximate surface area is 89.9 Å². The van der Waals surface area contributed by atoms with Crippen LogP contribution in [0.5, 0.6) is 0 Å². The third-order valence-corrected chi connectivity index (χ3v) is 2.44. The molecule has 4 heteroatoms. The predicted molar refractivity (Wildman–Crippen MR) is 59.6 cm³/mol. The molecule has 0 bridgehead atoms. The molecule has 3 N–H and O–H groups in total. The Balaban J connectivity index is 2.53. The van der Waals surface area contributed by atoms with Gasteiger partial charge in [0, 0.05) is 12.2 Å². The lowest BCUT2D eigenvalue weighted by atomic mass is 10.1. The van der Waals surface area contributed by atoms with E-state index in [1.807, 2.05) is 13.1 Å². The molecule has 1 heterocycles. The zero-order valence-electron chi connectivity index (χ0n) is 9.16. The Morgan fingerprint density at radius 2 is 2.33 bits per heavy atom. The van der Waals surface area contributed by atoms with Crippen molar-refractivity contribution in [3.8, 4) is 0 Å². The SMILES string of the molecule is CNC(C)CCc1ccc(C(N)=O)nc1. The lowest BCUT2D eigenvalue weighted by Gasteiger charge is -2.09. The maximum Gasteiger partial charge on any atom is 0.267 e. The fraction of sp³-hybridized carbons (Fsp3) is 0.455. The van der Waals surface area contributed by atoms with Crippen LogP contribution < -0.4 is 11.1 Å². The number of carbonyl (C=O) groups excluding carboxylic acids is 1. The molecule has 0 spiro atoms. The predicted octanol–water partition coefficient (Wildman–Crippen LogP) is 0.721. The number of rotatable bonds is 5. The van der Waals surface area contributed by atoms with Gasteiger partial charge in [-0.3, -0.25) is 9.78 Å². The number of hydrogen-bond donors (Lipinski definition) is 2. The highest BCUT2D eigenvalue weighted by atomic mass is 16.1. The van der Waals surface area contributed by atoms with Crippen molar-refractivity contribution in [1.82, 2.24) is 10.3 Å². The van der Waals surface area contributed by atoms with E-state index in [1.165, 1.54) is 0 Å². The molecule has 15 heavy (non-hydrogen) atoms. The first-order valence-corrected chi connectivity index (χ1v) is 5.05. The second-order valence-corrected chi connectivity index (χ2v) is 3.64. The van der Waals surface area contributed by atoms with Crippen LogP contribution >= 0.6 is 0 Å². The van der Waals surface area contributed by atoms with Gasteiger partial charge in [0.15, 0.2) is 0 Å². The topological polar surface area (TPSA) is 68.0 Å². The molecule has 4 nitrogen and oxygen atoms in total. The quantitative estimate of drug-likeness (QED) is 0.747. The van der Waals surface area contributed by atoms with Crippen molar-refractivity contribution in [3.05, 3.63) is 29.6 Å². The second kappa shape index (κ2) is 5.46. The highest BCUT2D eigenvalue weighted by Gasteiger charge is 2.03. The third kappa shape index (κ3) is 3.67. The normalized spacial score (nSPS) is 12.4. The number of nitrogens with one attached hydrogen (secondary N) is 1. The fourth-order valence-electron chi connectivity index (χ4n) is 1.25. The number of pyridine rings is 1. The zero-order valence-corrected chi connectivity index (χ0v) is 9.16. The Morgan fingerprint density at radius 1 is 1.60 bits per heavy atom. The van der Waals surface area contributed by atoms with Crippen LogP contribution in [0.1, 0.15) is 29.4 Å². The van der Waals surface area contributed by atoms with Crippen LogP contribution in [0.15, 0.2) is 18.3 Å². The first-order chi connectivity index (χ1) is 7.13. The van der Waals surface area contributed by atoms with E-state index in [2.05, 4.69) is 17.2 Å². The van der Waals surface area contributed by atoms with Gasteiger partial charge in [0.05, 0.1) is 0 Å². The highest BCUT2D eigenvalue weighted by molar-refractivity contribution is 5.90. The summed E-state index contributed by atoms with van der Waals surface area (Å²) in [5.74, 6) is -0.481. The molecule has 1 amide bonds. The number of nitrogens with two attached hydrogens (primary N) is 1. The molecular formula is C11H17N3O. The van der Waals surface area contributed by atoms with Gasteiger partial charge in [0.1, 0.15) is 5.69 Å². The summed E-state index contributed by atoms with van der Waals surface area (Å²) >= 11 is 0. The summed E-state index contributed by atoms with van der Waals surface area (Å²) in [6.07, 6.45) is 3.71. The molecule has 0 fully saturated rings. The van der Waals surface area contributed by atoms with Crippen molar-refractivity contribution in [1.29, 1.82) is 0 Å². The monoisotopic (exact) mass is 207 g/mol. The Bertz CT molecular complexity index is 321. The van der Waals surface area contributed by atoms with E-state index in [0.29, 0.717) is 11.7 Å². The molecule has 0 saturated carbocycles. The number of aromatic nitrogens is 1. The Morgan fingerprint density at radius 3 is 2.80 bits per heavy atom. The average molecular weight is 207 g/mol. The molecule has 0 radical (unpaired) electrons. The molecule has 0 aliphatic carbocycles. The Hall–Kier alpha value is -1.42. The molecule has 0 saturated heterocycles. The molecule has 1 atom stereocenters. The molecular weight excluding hydrogens is 190 g/mol. The summed E-state index contributed by atoms with van der Waals surface area (Å²) in [6.45, 7) is 2.13. The molecule has 1 rings (SSSR count). The van der Waals surface area contributed by atoms with Crippen molar-refractivity contribution < 1.29 is 4.79 Å². The van der Waals surface area contributed by atoms with Gasteiger partial charge in [-0.25, -0.2) is 0 Å². The summed E-state index contributed by atoms with van der Waals surface area (Å²) < 4.78 is 0. The van der Waals surface area contributed by atoms with Gasteiger partial charge in [-0.1, -0.05) is 6.07 Å². The van der Waals surface area contributed by atoms with Crippen LogP contribution in [0.25, 0.3) is 0 Å². The van der Waals surface area contributed by atoms with Crippen LogP contribution in [-0.4, -0.2) is 24.0 Å². The number of primary amides is 1. The van der Waals surface area contributed by atoms with Crippen LogP contribution in [0.2, 0.25) is 0 Å². The number of carbonyl (C=O) groups is 1. The van der Waals surface area contributed by atoms with Crippen molar-refractivity contribution in [2.45, 2.75) is 25.8 Å². The molecule has 0 aromatic carbocycles. The fourth-order valence-corrected chi connectivity index (χ4v) is 1.25. The standard InChI is InChI=1S/C11H17N3O/c1-8(13-2)3-4-9-5-6-10(11(12)15)14-7-9/h5-8,13H,3-4H2,1-2H3,(H2,12,15). The number of hydrogen-bond acceptors (Lipinski definition) is 3. The first-order valence-electron chi connectivity index (χ1n) is 5.05. The summed E-state index contributed by atoms with van der Waals surface area (Å²) in [6, 6.07) is 4.05. The molecule has 1 unspecified atom stereocenters. The van der Waals surface area contributed by atoms with E-state index >= 15 is 0 Å². The molecule has 1 aromatic rings. The highest BCUT2D eigenvalue weighted by Crippen LogP contribution is 2.04. The molecule has 0 aliphatic heterocycles. The van der Waals surface area contributed by atoms with Crippen molar-refractivity contribution >= 4 is 5.91 Å². The summed E-state index contributed by atoms with van der Waals surface area (Å²) in [7, 11) is 1.94. The van der Waals surface area contributed by atoms with E-state index in [4.69, 9.17) is 5.73 Å². The second-order valence-electron chi connectivity index (χ2n) is 3.64. The van der Waals surface area contributed by atoms with Crippen molar-refractivity contribution in [2.24, 2.45) is 5.73 Å². The first kappa shape index (κ1) is 11.7. The lowest BCUT2D eigenvalue weighted by molar-refractivity contribution is 0.0995. The van der Waals surface area contributed by atoms with Gasteiger partial charge < -0.3 is 11.1 Å². The van der Waals surface area contributed by atoms with E-state index in [9.17, 15) is 4.79 Å². The van der Waals surface area contributed by atoms with Crippen LogP contribution in [0.3, 0.4) is 0 Å². The number of nitrogens with zero attached hydrogens (tertiary/aromatic N) is 1. The van der Waals surface area contributed by atoms with Gasteiger partial charge in [0.2, 0.25) is 0 Å². The number of aryl methyl sites for hydroxylation is 1. The largest absolute Gasteiger partial charge is 0.364 e. The minimum absolute atomic E-state index is 0.320. The van der Waals surface area contributed by atoms with Crippen LogP contribution in [0, 0.1) is 0 Å². The van der Waals surface area contributed by atoms with E-state index in [1.54, 1.807) is 12.3 Å². The average Bonchev–Trinajstić information content (AvgIpc) is 2.26. The number of amides is 1. The molecule has 1 aromatic heterocycles. The van der Waals surface area contributed by atoms with Crippen LogP contribution in [-0.2, 0) is 6.42 Å². The zero-order chi connectivity index (χ0) is 11.3. The smallest absolute Gasteiger partial charge is 0.267 e. The van der Waals surface area contributed by atoms with Crippen LogP contribution in [0.4, 0.5) is 0 Å². The lowest BCUT2D eigenvalue weighted by Crippen LogP contribution is -2.21. The van der Waals surface area contributed by atoms with Crippen molar-refractivity contribution in [2.75, 3.05) is 7.05 Å². The van der Waals surface area contributed by atoms with Gasteiger partial charge in [-0.05, 0) is 38.4 Å². The Kier molecular flexibility index (Phi) is 4.24. The summed E-state index contributed by atoms with van der Waals surface area (Å²) in [5, 5.41) is 3.17. The van der Waals surface area contributed by atoms with Gasteiger partial charge in [-0.2, -0.15) is 0 Å². The minimum Gasteiger partial charge on any atom is -0.364 e. The minimum atomic E-state index is -0.481. The van der Waals surface area contributed by atoms with E-state index in [0.717, 1.165) is 18.4 Å². The molecule has 0 aliphatic rings. The maximum atomic E-state index is 10.8. The van der Waals surface area contributed by atoms with Gasteiger partial charge in [-0.15, -0.1) is 0 Å². The third-order valence-electron chi connectivity index (χ3n) is 2.44. The van der Waals surface area contributed by atoms with E-state index < -0.39 is 5.91 Å². The van der Waals surface area contributed by atoms with E-state index in [-0.39, 0.29) is 0 Å². The molecule has 82 valence electrons. The summed E-state index contributed by atoms with van der Waals surface area (Å²) in [5.41, 5.74) is 6.54. The maximum absolute atomic E-state index is 10.8. The summed E-state index contributed by atoms with van der Waals surface area (Å²) in [4.78, 5) is 14.8.